The molecule has 2 atom stereocenters. The Labute approximate surface area is 364 Å². The summed E-state index contributed by atoms with van der Waals surface area (Å²) in [6.07, 6.45) is 47.9. The molecule has 1 N–H and O–H groups in total. The molecule has 59 heavy (non-hydrogen) atoms. The number of quaternary nitrogens is 1. The molecule has 0 rings (SSSR count). The van der Waals surface area contributed by atoms with E-state index >= 15 is 0 Å². The molecule has 0 aromatic heterocycles. The van der Waals surface area contributed by atoms with Crippen molar-refractivity contribution in [2.75, 3.05) is 41.0 Å². The summed E-state index contributed by atoms with van der Waals surface area (Å²) in [6, 6.07) is -0.614. The van der Waals surface area contributed by atoms with Crippen molar-refractivity contribution >= 4 is 17.9 Å². The van der Waals surface area contributed by atoms with E-state index in [0.29, 0.717) is 19.3 Å². The summed E-state index contributed by atoms with van der Waals surface area (Å²) in [6.45, 7) is 4.74. The molecule has 0 aliphatic rings. The van der Waals surface area contributed by atoms with Crippen LogP contribution in [-0.2, 0) is 28.6 Å². The lowest BCUT2D eigenvalue weighted by molar-refractivity contribution is -0.887. The molecule has 0 bridgehead atoms. The maximum Gasteiger partial charge on any atom is 0.362 e. The zero-order chi connectivity index (χ0) is 43.5. The summed E-state index contributed by atoms with van der Waals surface area (Å²) < 4.78 is 17.3. The molecule has 0 fully saturated rings. The fourth-order valence-corrected chi connectivity index (χ4v) is 7.48. The average Bonchev–Trinajstić information content (AvgIpc) is 3.19. The van der Waals surface area contributed by atoms with E-state index in [1.165, 1.54) is 148 Å². The SMILES string of the molecule is CCCCC/C=C/C/C=C/CCCCCCCCCC(=O)OC(COCCC(C(=O)O)[N+](C)(C)C)COC(=O)CCCCCCCCCCCCCCCCCCCC. The second kappa shape index (κ2) is 42.5. The normalized spacial score (nSPS) is 13.0. The third-order valence-electron chi connectivity index (χ3n) is 11.4. The van der Waals surface area contributed by atoms with Crippen molar-refractivity contribution in [2.24, 2.45) is 0 Å². The van der Waals surface area contributed by atoms with Crippen LogP contribution in [0.5, 0.6) is 0 Å². The van der Waals surface area contributed by atoms with E-state index < -0.39 is 18.1 Å². The molecule has 0 aromatic rings. The first kappa shape index (κ1) is 56.8. The van der Waals surface area contributed by atoms with E-state index in [1.54, 1.807) is 0 Å². The van der Waals surface area contributed by atoms with Crippen molar-refractivity contribution in [3.63, 3.8) is 0 Å². The maximum atomic E-state index is 12.8. The Bertz CT molecular complexity index is 1020. The summed E-state index contributed by atoms with van der Waals surface area (Å²) in [4.78, 5) is 37.1. The van der Waals surface area contributed by atoms with Crippen molar-refractivity contribution < 1.29 is 38.2 Å². The smallest absolute Gasteiger partial charge is 0.362 e. The third-order valence-corrected chi connectivity index (χ3v) is 11.4. The minimum atomic E-state index is -0.873. The Morgan fingerprint density at radius 2 is 0.898 bits per heavy atom. The van der Waals surface area contributed by atoms with E-state index in [9.17, 15) is 19.5 Å². The van der Waals surface area contributed by atoms with Gasteiger partial charge in [-0.3, -0.25) is 9.59 Å². The maximum absolute atomic E-state index is 12.8. The molecule has 0 aromatic carbocycles. The number of allylic oxidation sites excluding steroid dienone is 4. The molecule has 0 spiro atoms. The Kier molecular flexibility index (Phi) is 40.9. The molecule has 0 amide bonds. The van der Waals surface area contributed by atoms with Crippen molar-refractivity contribution in [1.29, 1.82) is 0 Å². The number of carbonyl (C=O) groups excluding carboxylic acids is 2. The number of unbranched alkanes of at least 4 members (excludes halogenated alkanes) is 27. The van der Waals surface area contributed by atoms with E-state index in [4.69, 9.17) is 14.2 Å². The first-order chi connectivity index (χ1) is 28.6. The largest absolute Gasteiger partial charge is 0.477 e. The monoisotopic (exact) mass is 835 g/mol. The minimum Gasteiger partial charge on any atom is -0.477 e. The first-order valence-electron chi connectivity index (χ1n) is 24.9. The van der Waals surface area contributed by atoms with Gasteiger partial charge in [-0.25, -0.2) is 4.79 Å². The zero-order valence-corrected chi connectivity index (χ0v) is 39.5. The Balaban J connectivity index is 4.25. The average molecular weight is 835 g/mol. The summed E-state index contributed by atoms with van der Waals surface area (Å²) in [5, 5.41) is 9.64. The molecule has 0 aliphatic heterocycles. The van der Waals surface area contributed by atoms with Crippen molar-refractivity contribution in [1.82, 2.24) is 0 Å². The van der Waals surface area contributed by atoms with Gasteiger partial charge < -0.3 is 23.8 Å². The van der Waals surface area contributed by atoms with Crippen LogP contribution in [0.4, 0.5) is 0 Å². The molecule has 346 valence electrons. The summed E-state index contributed by atoms with van der Waals surface area (Å²) in [7, 11) is 5.54. The lowest BCUT2D eigenvalue weighted by Gasteiger charge is -2.31. The number of nitrogens with zero attached hydrogens (tertiary/aromatic N) is 1. The van der Waals surface area contributed by atoms with Gasteiger partial charge in [-0.1, -0.05) is 192 Å². The van der Waals surface area contributed by atoms with Crippen LogP contribution in [0.25, 0.3) is 0 Å². The van der Waals surface area contributed by atoms with E-state index in [0.717, 1.165) is 51.4 Å². The van der Waals surface area contributed by atoms with Crippen LogP contribution in [0.1, 0.15) is 232 Å². The molecule has 8 heteroatoms. The predicted octanol–water partition coefficient (Wildman–Crippen LogP) is 14.0. The van der Waals surface area contributed by atoms with Gasteiger partial charge in [-0.15, -0.1) is 0 Å². The Morgan fingerprint density at radius 1 is 0.508 bits per heavy atom. The molecular weight excluding hydrogens is 739 g/mol. The van der Waals surface area contributed by atoms with Crippen LogP contribution >= 0.6 is 0 Å². The molecule has 2 unspecified atom stereocenters. The minimum absolute atomic E-state index is 0.0494. The lowest BCUT2D eigenvalue weighted by Crippen LogP contribution is -2.50. The summed E-state index contributed by atoms with van der Waals surface area (Å²) >= 11 is 0. The quantitative estimate of drug-likeness (QED) is 0.0282. The van der Waals surface area contributed by atoms with Gasteiger partial charge in [0.2, 0.25) is 0 Å². The van der Waals surface area contributed by atoms with Gasteiger partial charge in [-0.05, 0) is 44.9 Å². The van der Waals surface area contributed by atoms with E-state index in [2.05, 4.69) is 38.2 Å². The number of hydrogen-bond donors (Lipinski definition) is 1. The number of ether oxygens (including phenoxy) is 3. The zero-order valence-electron chi connectivity index (χ0n) is 39.5. The standard InChI is InChI=1S/C51H95NO7/c1-6-8-10-12-14-16-18-20-22-24-26-27-29-31-33-35-37-39-41-49(53)58-46-47(45-57-44-43-48(51(55)56)52(3,4)5)59-50(54)42-40-38-36-34-32-30-28-25-23-21-19-17-15-13-11-9-7-2/h15,17,21,23,47-48H,6-14,16,18-20,22,24-46H2,1-5H3/p+1/b17-15+,23-21+. The van der Waals surface area contributed by atoms with Crippen LogP contribution in [0, 0.1) is 0 Å². The van der Waals surface area contributed by atoms with Gasteiger partial charge in [0.1, 0.15) is 6.61 Å². The highest BCUT2D eigenvalue weighted by atomic mass is 16.6. The van der Waals surface area contributed by atoms with Gasteiger partial charge >= 0.3 is 17.9 Å². The number of carbonyl (C=O) groups is 3. The first-order valence-corrected chi connectivity index (χ1v) is 24.9. The highest BCUT2D eigenvalue weighted by Crippen LogP contribution is 2.16. The number of likely N-dealkylation sites (N-methyl/N-ethyl adjacent to an activating group) is 1. The molecule has 0 saturated carbocycles. The van der Waals surface area contributed by atoms with Crippen LogP contribution in [-0.4, -0.2) is 80.6 Å². The summed E-state index contributed by atoms with van der Waals surface area (Å²) in [5.41, 5.74) is 0. The van der Waals surface area contributed by atoms with Crippen LogP contribution < -0.4 is 0 Å². The highest BCUT2D eigenvalue weighted by molar-refractivity contribution is 5.72. The predicted molar refractivity (Wildman–Crippen MR) is 248 cm³/mol. The molecule has 0 heterocycles. The highest BCUT2D eigenvalue weighted by Gasteiger charge is 2.31. The Hall–Kier alpha value is -2.19. The van der Waals surface area contributed by atoms with Gasteiger partial charge in [-0.2, -0.15) is 0 Å². The van der Waals surface area contributed by atoms with Crippen LogP contribution in [0.2, 0.25) is 0 Å². The second-order valence-corrected chi connectivity index (χ2v) is 18.1. The van der Waals surface area contributed by atoms with Crippen molar-refractivity contribution in [3.05, 3.63) is 24.3 Å². The molecule has 8 nitrogen and oxygen atoms in total. The number of carboxylic acid groups (broad SMARTS) is 1. The number of hydrogen-bond acceptors (Lipinski definition) is 6. The van der Waals surface area contributed by atoms with E-state index in [1.807, 2.05) is 21.1 Å². The fraction of sp³-hybridized carbons (Fsp3) is 0.863. The van der Waals surface area contributed by atoms with Crippen molar-refractivity contribution in [2.45, 2.75) is 244 Å². The summed E-state index contributed by atoms with van der Waals surface area (Å²) in [5.74, 6) is -1.46. The van der Waals surface area contributed by atoms with Crippen molar-refractivity contribution in [3.8, 4) is 0 Å². The third kappa shape index (κ3) is 41.0. The molecular formula is C51H96NO7+. The van der Waals surface area contributed by atoms with Gasteiger partial charge in [0, 0.05) is 19.3 Å². The molecule has 0 saturated heterocycles. The molecule has 0 aliphatic carbocycles. The number of carboxylic acids is 1. The Morgan fingerprint density at radius 3 is 1.34 bits per heavy atom. The van der Waals surface area contributed by atoms with Crippen LogP contribution in [0.3, 0.4) is 0 Å². The van der Waals surface area contributed by atoms with Gasteiger partial charge in [0.05, 0.1) is 34.4 Å². The lowest BCUT2D eigenvalue weighted by atomic mass is 10.0. The van der Waals surface area contributed by atoms with Gasteiger partial charge in [0.15, 0.2) is 12.1 Å². The second-order valence-electron chi connectivity index (χ2n) is 18.1. The number of esters is 2. The number of rotatable bonds is 45. The van der Waals surface area contributed by atoms with E-state index in [-0.39, 0.29) is 36.2 Å². The topological polar surface area (TPSA) is 99.1 Å². The molecule has 0 radical (unpaired) electrons. The number of aliphatic carboxylic acids is 1. The van der Waals surface area contributed by atoms with Gasteiger partial charge in [0.25, 0.3) is 0 Å². The van der Waals surface area contributed by atoms with Crippen LogP contribution in [0.15, 0.2) is 24.3 Å². The fourth-order valence-electron chi connectivity index (χ4n) is 7.48.